The fourth-order valence-electron chi connectivity index (χ4n) is 5.18. The van der Waals surface area contributed by atoms with Crippen LogP contribution in [0, 0.1) is 16.7 Å². The van der Waals surface area contributed by atoms with Gasteiger partial charge in [0.1, 0.15) is 5.60 Å². The quantitative estimate of drug-likeness (QED) is 0.768. The van der Waals surface area contributed by atoms with Crippen molar-refractivity contribution in [2.75, 3.05) is 26.2 Å². The van der Waals surface area contributed by atoms with Gasteiger partial charge in [-0.3, -0.25) is 0 Å². The maximum atomic E-state index is 12.8. The van der Waals surface area contributed by atoms with Crippen LogP contribution in [0.1, 0.15) is 46.5 Å². The number of carbonyl (C=O) groups excluding carboxylic acids is 2. The predicted octanol–water partition coefficient (Wildman–Crippen LogP) is 2.18. The summed E-state index contributed by atoms with van der Waals surface area (Å²) in [6, 6.07) is 2.44. The highest BCUT2D eigenvalue weighted by Crippen LogP contribution is 2.71. The topological polar surface area (TPSA) is 76.9 Å². The first kappa shape index (κ1) is 16.5. The number of hydrogen-bond donors (Lipinski definition) is 0. The van der Waals surface area contributed by atoms with Crippen molar-refractivity contribution < 1.29 is 14.3 Å². The summed E-state index contributed by atoms with van der Waals surface area (Å²) < 4.78 is 5.47. The van der Waals surface area contributed by atoms with Crippen LogP contribution in [0.5, 0.6) is 0 Å². The number of urea groups is 1. The maximum Gasteiger partial charge on any atom is 0.410 e. The number of carbonyl (C=O) groups is 2. The molecule has 2 heterocycles. The van der Waals surface area contributed by atoms with Crippen LogP contribution in [0.15, 0.2) is 0 Å². The molecule has 136 valence electrons. The van der Waals surface area contributed by atoms with Gasteiger partial charge >= 0.3 is 12.1 Å². The Hall–Kier alpha value is -1.97. The average molecular weight is 346 g/mol. The summed E-state index contributed by atoms with van der Waals surface area (Å²) in [4.78, 5) is 30.8. The van der Waals surface area contributed by atoms with Gasteiger partial charge in [-0.1, -0.05) is 0 Å². The lowest BCUT2D eigenvalue weighted by Crippen LogP contribution is -2.74. The Bertz CT molecular complexity index is 642. The highest BCUT2D eigenvalue weighted by atomic mass is 16.6. The Morgan fingerprint density at radius 1 is 1.28 bits per heavy atom. The number of amides is 3. The SMILES string of the molecule is CC(C)(C)OC(=O)N1CCN2C(=O)N(C34CC(CC#N)(C3)C4)C[C@@H]2C1. The number of rotatable bonds is 2. The fraction of sp³-hybridized carbons (Fsp3) is 0.833. The standard InChI is InChI=1S/C18H26N4O3/c1-16(2,3)25-15(24)20-6-7-21-13(8-20)9-22(14(21)23)18-10-17(11-18,12-18)4-5-19/h13H,4,6-12H2,1-3H3/t13-,17?,18?/m0/s1. The first-order valence-electron chi connectivity index (χ1n) is 9.10. The largest absolute Gasteiger partial charge is 0.444 e. The molecule has 5 aliphatic rings. The van der Waals surface area contributed by atoms with E-state index in [2.05, 4.69) is 6.07 Å². The summed E-state index contributed by atoms with van der Waals surface area (Å²) >= 11 is 0. The van der Waals surface area contributed by atoms with Crippen LogP contribution in [0.4, 0.5) is 9.59 Å². The highest BCUT2D eigenvalue weighted by Gasteiger charge is 2.72. The van der Waals surface area contributed by atoms with E-state index >= 15 is 0 Å². The summed E-state index contributed by atoms with van der Waals surface area (Å²) in [5.74, 6) is 0. The van der Waals surface area contributed by atoms with Crippen molar-refractivity contribution in [1.29, 1.82) is 5.26 Å². The van der Waals surface area contributed by atoms with Gasteiger partial charge in [-0.15, -0.1) is 0 Å². The lowest BCUT2D eigenvalue weighted by Gasteiger charge is -2.72. The molecular formula is C18H26N4O3. The van der Waals surface area contributed by atoms with Crippen molar-refractivity contribution in [2.45, 2.75) is 63.6 Å². The van der Waals surface area contributed by atoms with Gasteiger partial charge in [0.15, 0.2) is 0 Å². The molecule has 3 amide bonds. The summed E-state index contributed by atoms with van der Waals surface area (Å²) in [5, 5.41) is 8.93. The van der Waals surface area contributed by atoms with Gasteiger partial charge in [-0.05, 0) is 45.4 Å². The molecule has 7 nitrogen and oxygen atoms in total. The molecular weight excluding hydrogens is 320 g/mol. The van der Waals surface area contributed by atoms with Crippen LogP contribution >= 0.6 is 0 Å². The molecule has 0 N–H and O–H groups in total. The second-order valence-electron chi connectivity index (χ2n) is 9.26. The van der Waals surface area contributed by atoms with Gasteiger partial charge in [0.25, 0.3) is 0 Å². The molecule has 25 heavy (non-hydrogen) atoms. The molecule has 0 radical (unpaired) electrons. The number of nitrogens with zero attached hydrogens (tertiary/aromatic N) is 4. The van der Waals surface area contributed by atoms with E-state index in [1.54, 1.807) is 4.90 Å². The molecule has 2 aliphatic heterocycles. The Morgan fingerprint density at radius 2 is 1.96 bits per heavy atom. The zero-order valence-corrected chi connectivity index (χ0v) is 15.2. The van der Waals surface area contributed by atoms with Crippen LogP contribution in [0.25, 0.3) is 0 Å². The number of nitriles is 1. The highest BCUT2D eigenvalue weighted by molar-refractivity contribution is 5.80. The lowest BCUT2D eigenvalue weighted by molar-refractivity contribution is -0.196. The first-order valence-corrected chi connectivity index (χ1v) is 9.10. The van der Waals surface area contributed by atoms with Gasteiger partial charge in [0.05, 0.1) is 12.1 Å². The molecule has 1 atom stereocenters. The third-order valence-electron chi connectivity index (χ3n) is 6.14. The third-order valence-corrected chi connectivity index (χ3v) is 6.14. The number of fused-ring (bicyclic) bond motifs is 1. The van der Waals surface area contributed by atoms with Crippen molar-refractivity contribution >= 4 is 12.1 Å². The van der Waals surface area contributed by atoms with Crippen LogP contribution < -0.4 is 0 Å². The van der Waals surface area contributed by atoms with Crippen LogP contribution in [-0.2, 0) is 4.74 Å². The summed E-state index contributed by atoms with van der Waals surface area (Å²) in [7, 11) is 0. The molecule has 0 unspecified atom stereocenters. The molecule has 0 aromatic heterocycles. The molecule has 0 aromatic carbocycles. The minimum atomic E-state index is -0.507. The molecule has 2 saturated heterocycles. The van der Waals surface area contributed by atoms with E-state index in [9.17, 15) is 9.59 Å². The Labute approximate surface area is 148 Å². The predicted molar refractivity (Wildman–Crippen MR) is 89.6 cm³/mol. The Kier molecular flexibility index (Phi) is 3.32. The molecule has 5 fully saturated rings. The van der Waals surface area contributed by atoms with Crippen LogP contribution in [0.3, 0.4) is 0 Å². The van der Waals surface area contributed by atoms with E-state index in [0.717, 1.165) is 19.3 Å². The molecule has 0 aromatic rings. The fourth-order valence-corrected chi connectivity index (χ4v) is 5.18. The van der Waals surface area contributed by atoms with E-state index in [4.69, 9.17) is 10.00 Å². The van der Waals surface area contributed by atoms with E-state index < -0.39 is 5.60 Å². The summed E-state index contributed by atoms with van der Waals surface area (Å²) in [5.41, 5.74) is -0.338. The normalized spacial score (nSPS) is 36.3. The van der Waals surface area contributed by atoms with Crippen LogP contribution in [0.2, 0.25) is 0 Å². The van der Waals surface area contributed by atoms with Gasteiger partial charge in [-0.2, -0.15) is 5.26 Å². The van der Waals surface area contributed by atoms with E-state index in [1.165, 1.54) is 0 Å². The smallest absolute Gasteiger partial charge is 0.410 e. The van der Waals surface area contributed by atoms with Gasteiger partial charge < -0.3 is 19.4 Å². The zero-order chi connectivity index (χ0) is 18.0. The number of piperazine rings is 1. The van der Waals surface area contributed by atoms with E-state index in [-0.39, 0.29) is 29.1 Å². The second kappa shape index (κ2) is 5.03. The molecule has 0 spiro atoms. The summed E-state index contributed by atoms with van der Waals surface area (Å²) in [6.07, 6.45) is 3.22. The first-order chi connectivity index (χ1) is 11.7. The molecule has 5 rings (SSSR count). The molecule has 7 heteroatoms. The molecule has 3 aliphatic carbocycles. The maximum absolute atomic E-state index is 12.8. The molecule has 3 saturated carbocycles. The van der Waals surface area contributed by atoms with Crippen molar-refractivity contribution in [3.8, 4) is 6.07 Å². The number of hydrogen-bond acceptors (Lipinski definition) is 4. The minimum Gasteiger partial charge on any atom is -0.444 e. The van der Waals surface area contributed by atoms with Crippen molar-refractivity contribution in [3.05, 3.63) is 0 Å². The average Bonchev–Trinajstić information content (AvgIpc) is 2.76. The monoisotopic (exact) mass is 346 g/mol. The van der Waals surface area contributed by atoms with E-state index in [1.807, 2.05) is 30.6 Å². The zero-order valence-electron chi connectivity index (χ0n) is 15.2. The van der Waals surface area contributed by atoms with Gasteiger partial charge in [0, 0.05) is 38.1 Å². The van der Waals surface area contributed by atoms with Crippen LogP contribution in [-0.4, -0.2) is 70.2 Å². The Balaban J connectivity index is 1.39. The van der Waals surface area contributed by atoms with E-state index in [0.29, 0.717) is 32.6 Å². The van der Waals surface area contributed by atoms with Gasteiger partial charge in [-0.25, -0.2) is 9.59 Å². The van der Waals surface area contributed by atoms with Gasteiger partial charge in [0.2, 0.25) is 0 Å². The minimum absolute atomic E-state index is 0.0119. The van der Waals surface area contributed by atoms with Crippen molar-refractivity contribution in [1.82, 2.24) is 14.7 Å². The second-order valence-corrected chi connectivity index (χ2v) is 9.26. The third kappa shape index (κ3) is 2.45. The molecule has 2 bridgehead atoms. The van der Waals surface area contributed by atoms with Crippen molar-refractivity contribution in [3.63, 3.8) is 0 Å². The van der Waals surface area contributed by atoms with Crippen molar-refractivity contribution in [2.24, 2.45) is 5.41 Å². The lowest BCUT2D eigenvalue weighted by atomic mass is 9.38. The number of ether oxygens (including phenoxy) is 1. The Morgan fingerprint density at radius 3 is 2.56 bits per heavy atom. The summed E-state index contributed by atoms with van der Waals surface area (Å²) in [6.45, 7) is 7.90.